The Bertz CT molecular complexity index is 623. The summed E-state index contributed by atoms with van der Waals surface area (Å²) in [6.45, 7) is 8.11. The molecule has 0 spiro atoms. The summed E-state index contributed by atoms with van der Waals surface area (Å²) in [7, 11) is -3.40. The van der Waals surface area contributed by atoms with E-state index in [4.69, 9.17) is 0 Å². The summed E-state index contributed by atoms with van der Waals surface area (Å²) < 4.78 is 29.3. The molecule has 2 aliphatic rings. The fourth-order valence-corrected chi connectivity index (χ4v) is 5.23. The number of hydrogen-bond acceptors (Lipinski definition) is 4. The van der Waals surface area contributed by atoms with Gasteiger partial charge in [-0.3, -0.25) is 4.90 Å². The number of hydrogen-bond donors (Lipinski definition) is 1. The maximum Gasteiger partial charge on any atom is 0.282 e. The first-order valence-electron chi connectivity index (χ1n) is 8.85. The van der Waals surface area contributed by atoms with Crippen molar-refractivity contribution in [3.63, 3.8) is 0 Å². The maximum atomic E-state index is 13.0. The summed E-state index contributed by atoms with van der Waals surface area (Å²) in [4.78, 5) is 2.43. The first kappa shape index (κ1) is 20.6. The quantitative estimate of drug-likeness (QED) is 0.794. The van der Waals surface area contributed by atoms with Gasteiger partial charge in [-0.1, -0.05) is 37.3 Å². The second-order valence-electron chi connectivity index (χ2n) is 6.51. The summed E-state index contributed by atoms with van der Waals surface area (Å²) >= 11 is 0. The normalized spacial score (nSPS) is 22.9. The summed E-state index contributed by atoms with van der Waals surface area (Å²) in [5, 5.41) is 3.35. The Morgan fingerprint density at radius 1 is 1.16 bits per heavy atom. The molecule has 2 fully saturated rings. The van der Waals surface area contributed by atoms with Crippen molar-refractivity contribution in [2.45, 2.75) is 25.9 Å². The molecule has 2 aliphatic heterocycles. The Balaban J connectivity index is 0.00000225. The van der Waals surface area contributed by atoms with E-state index in [1.54, 1.807) is 8.61 Å². The molecule has 1 N–H and O–H groups in total. The average Bonchev–Trinajstić information content (AvgIpc) is 3.12. The largest absolute Gasteiger partial charge is 0.314 e. The van der Waals surface area contributed by atoms with Crippen LogP contribution in [0.25, 0.3) is 0 Å². The molecule has 1 aromatic rings. The molecule has 8 heteroatoms. The second kappa shape index (κ2) is 9.30. The zero-order chi connectivity index (χ0) is 17.0. The molecule has 1 unspecified atom stereocenters. The Morgan fingerprint density at radius 3 is 2.48 bits per heavy atom. The number of nitrogens with one attached hydrogen (secondary N) is 1. The summed E-state index contributed by atoms with van der Waals surface area (Å²) in [6.07, 6.45) is 0.933. The topological polar surface area (TPSA) is 55.9 Å². The van der Waals surface area contributed by atoms with Gasteiger partial charge in [0.2, 0.25) is 0 Å². The van der Waals surface area contributed by atoms with Crippen molar-refractivity contribution < 1.29 is 8.42 Å². The Kier molecular flexibility index (Phi) is 7.67. The van der Waals surface area contributed by atoms with Crippen LogP contribution >= 0.6 is 12.4 Å². The third-order valence-electron chi connectivity index (χ3n) is 5.00. The van der Waals surface area contributed by atoms with E-state index < -0.39 is 10.2 Å². The van der Waals surface area contributed by atoms with Gasteiger partial charge >= 0.3 is 0 Å². The predicted octanol–water partition coefficient (Wildman–Crippen LogP) is 1.15. The molecule has 0 bridgehead atoms. The van der Waals surface area contributed by atoms with E-state index in [0.717, 1.165) is 38.2 Å². The minimum absolute atomic E-state index is 0. The summed E-state index contributed by atoms with van der Waals surface area (Å²) in [6, 6.07) is 10.2. The lowest BCUT2D eigenvalue weighted by atomic mass is 10.2. The van der Waals surface area contributed by atoms with E-state index in [1.165, 1.54) is 0 Å². The molecule has 2 saturated heterocycles. The number of halogens is 1. The van der Waals surface area contributed by atoms with Crippen molar-refractivity contribution in [2.24, 2.45) is 0 Å². The molecule has 3 rings (SSSR count). The molecule has 0 saturated carbocycles. The van der Waals surface area contributed by atoms with Crippen molar-refractivity contribution >= 4 is 22.6 Å². The van der Waals surface area contributed by atoms with E-state index in [0.29, 0.717) is 32.2 Å². The first-order valence-corrected chi connectivity index (χ1v) is 10.2. The van der Waals surface area contributed by atoms with Crippen LogP contribution in [0.3, 0.4) is 0 Å². The lowest BCUT2D eigenvalue weighted by Gasteiger charge is -2.33. The molecular weight excluding hydrogens is 360 g/mol. The number of benzene rings is 1. The van der Waals surface area contributed by atoms with Crippen molar-refractivity contribution in [1.29, 1.82) is 0 Å². The number of rotatable bonds is 6. The highest BCUT2D eigenvalue weighted by Crippen LogP contribution is 2.22. The maximum absolute atomic E-state index is 13.0. The fourth-order valence-electron chi connectivity index (χ4n) is 3.57. The van der Waals surface area contributed by atoms with Crippen molar-refractivity contribution in [3.8, 4) is 0 Å². The van der Waals surface area contributed by atoms with Gasteiger partial charge in [0.25, 0.3) is 10.2 Å². The number of nitrogens with zero attached hydrogens (tertiary/aromatic N) is 3. The van der Waals surface area contributed by atoms with E-state index in [1.807, 2.05) is 37.3 Å². The van der Waals surface area contributed by atoms with Crippen molar-refractivity contribution in [3.05, 3.63) is 35.9 Å². The van der Waals surface area contributed by atoms with Gasteiger partial charge in [0, 0.05) is 58.4 Å². The van der Waals surface area contributed by atoms with Gasteiger partial charge in [-0.05, 0) is 12.0 Å². The third-order valence-corrected chi connectivity index (χ3v) is 7.03. The van der Waals surface area contributed by atoms with E-state index in [9.17, 15) is 8.42 Å². The van der Waals surface area contributed by atoms with Crippen LogP contribution in [0.2, 0.25) is 0 Å². The SMILES string of the molecule is CCN(Cc1ccccc1)S(=O)(=O)N1CCC(N2CCNCC2)C1.Cl. The fraction of sp³-hybridized carbons (Fsp3) is 0.647. The van der Waals surface area contributed by atoms with E-state index >= 15 is 0 Å². The van der Waals surface area contributed by atoms with Crippen LogP contribution < -0.4 is 5.32 Å². The molecule has 2 heterocycles. The molecule has 142 valence electrons. The van der Waals surface area contributed by atoms with Gasteiger partial charge in [-0.2, -0.15) is 17.0 Å². The van der Waals surface area contributed by atoms with Crippen molar-refractivity contribution in [1.82, 2.24) is 18.8 Å². The van der Waals surface area contributed by atoms with Gasteiger partial charge in [0.1, 0.15) is 0 Å². The van der Waals surface area contributed by atoms with E-state index in [2.05, 4.69) is 10.2 Å². The van der Waals surface area contributed by atoms with Crippen LogP contribution in [-0.2, 0) is 16.8 Å². The van der Waals surface area contributed by atoms with Crippen molar-refractivity contribution in [2.75, 3.05) is 45.8 Å². The van der Waals surface area contributed by atoms with Crippen LogP contribution in [0.5, 0.6) is 0 Å². The van der Waals surface area contributed by atoms with Crippen LogP contribution in [0.1, 0.15) is 18.9 Å². The molecule has 0 amide bonds. The zero-order valence-electron chi connectivity index (χ0n) is 14.8. The minimum atomic E-state index is -3.40. The summed E-state index contributed by atoms with van der Waals surface area (Å²) in [5.74, 6) is 0. The Morgan fingerprint density at radius 2 is 1.84 bits per heavy atom. The van der Waals surface area contributed by atoms with Gasteiger partial charge in [0.15, 0.2) is 0 Å². The zero-order valence-corrected chi connectivity index (χ0v) is 16.4. The molecule has 0 radical (unpaired) electrons. The third kappa shape index (κ3) is 4.93. The highest BCUT2D eigenvalue weighted by atomic mass is 35.5. The van der Waals surface area contributed by atoms with Crippen LogP contribution in [0.15, 0.2) is 30.3 Å². The van der Waals surface area contributed by atoms with Crippen LogP contribution in [0, 0.1) is 0 Å². The molecule has 1 aromatic carbocycles. The standard InChI is InChI=1S/C17H28N4O2S.ClH/c1-2-20(14-16-6-4-3-5-7-16)24(22,23)21-11-8-17(15-21)19-12-9-18-10-13-19;/h3-7,17-18H,2,8-15H2,1H3;1H. The van der Waals surface area contributed by atoms with Gasteiger partial charge in [0.05, 0.1) is 0 Å². The average molecular weight is 389 g/mol. The molecule has 1 atom stereocenters. The second-order valence-corrected chi connectivity index (χ2v) is 8.43. The molecule has 25 heavy (non-hydrogen) atoms. The Labute approximate surface area is 157 Å². The van der Waals surface area contributed by atoms with Gasteiger partial charge in [-0.25, -0.2) is 0 Å². The molecule has 0 aromatic heterocycles. The smallest absolute Gasteiger partial charge is 0.282 e. The highest BCUT2D eigenvalue weighted by molar-refractivity contribution is 7.86. The number of piperazine rings is 1. The molecule has 0 aliphatic carbocycles. The lowest BCUT2D eigenvalue weighted by molar-refractivity contribution is 0.179. The minimum Gasteiger partial charge on any atom is -0.314 e. The predicted molar refractivity (Wildman–Crippen MR) is 103 cm³/mol. The van der Waals surface area contributed by atoms with Crippen LogP contribution in [0.4, 0.5) is 0 Å². The van der Waals surface area contributed by atoms with Gasteiger partial charge in [-0.15, -0.1) is 12.4 Å². The van der Waals surface area contributed by atoms with Gasteiger partial charge < -0.3 is 5.32 Å². The monoisotopic (exact) mass is 388 g/mol. The highest BCUT2D eigenvalue weighted by Gasteiger charge is 2.37. The lowest BCUT2D eigenvalue weighted by Crippen LogP contribution is -2.50. The Hall–Kier alpha value is -0.700. The molecular formula is C17H29ClN4O2S. The van der Waals surface area contributed by atoms with Crippen LogP contribution in [-0.4, -0.2) is 73.8 Å². The summed E-state index contributed by atoms with van der Waals surface area (Å²) in [5.41, 5.74) is 1.03. The first-order chi connectivity index (χ1) is 11.6. The van der Waals surface area contributed by atoms with E-state index in [-0.39, 0.29) is 12.4 Å². The molecule has 6 nitrogen and oxygen atoms in total.